The van der Waals surface area contributed by atoms with Gasteiger partial charge in [-0.1, -0.05) is 13.8 Å². The Kier molecular flexibility index (Phi) is 3.12. The van der Waals surface area contributed by atoms with Crippen LogP contribution in [0, 0.1) is 5.92 Å². The molecule has 72 valence electrons. The Balaban J connectivity index is 2.80. The van der Waals surface area contributed by atoms with Gasteiger partial charge in [0.1, 0.15) is 0 Å². The summed E-state index contributed by atoms with van der Waals surface area (Å²) in [7, 11) is -2.82. The molecule has 0 radical (unpaired) electrons. The van der Waals surface area contributed by atoms with Gasteiger partial charge in [0.05, 0.1) is 11.0 Å². The minimum atomic E-state index is -2.82. The Morgan fingerprint density at radius 2 is 2.08 bits per heavy atom. The molecule has 0 aliphatic carbocycles. The van der Waals surface area contributed by atoms with Gasteiger partial charge in [-0.15, -0.1) is 0 Å². The fraction of sp³-hybridized carbons (Fsp3) is 1.00. The van der Waals surface area contributed by atoms with Gasteiger partial charge in [-0.05, 0) is 18.9 Å². The van der Waals surface area contributed by atoms with E-state index in [0.29, 0.717) is 12.3 Å². The minimum Gasteiger partial charge on any atom is -0.315 e. The largest absolute Gasteiger partial charge is 0.315 e. The van der Waals surface area contributed by atoms with Crippen LogP contribution in [0.15, 0.2) is 0 Å². The van der Waals surface area contributed by atoms with Crippen molar-refractivity contribution in [1.82, 2.24) is 5.32 Å². The molecule has 1 unspecified atom stereocenters. The van der Waals surface area contributed by atoms with Gasteiger partial charge in [0.25, 0.3) is 0 Å². The summed E-state index contributed by atoms with van der Waals surface area (Å²) in [6.45, 7) is 5.40. The van der Waals surface area contributed by atoms with Crippen LogP contribution < -0.4 is 5.32 Å². The topological polar surface area (TPSA) is 46.2 Å². The second-order valence-corrected chi connectivity index (χ2v) is 6.05. The third-order valence-electron chi connectivity index (χ3n) is 2.33. The van der Waals surface area contributed by atoms with Gasteiger partial charge in [-0.2, -0.15) is 0 Å². The van der Waals surface area contributed by atoms with Crippen molar-refractivity contribution in [1.29, 1.82) is 0 Å². The second-order valence-electron chi connectivity index (χ2n) is 3.71. The molecule has 0 aromatic carbocycles. The smallest absolute Gasteiger partial charge is 0.154 e. The monoisotopic (exact) mass is 191 g/mol. The first kappa shape index (κ1) is 9.99. The van der Waals surface area contributed by atoms with Crippen molar-refractivity contribution < 1.29 is 8.42 Å². The number of sulfone groups is 1. The second kappa shape index (κ2) is 3.75. The molecule has 0 aromatic heterocycles. The molecule has 0 spiro atoms. The maximum atomic E-state index is 11.6. The van der Waals surface area contributed by atoms with Crippen LogP contribution in [0.4, 0.5) is 0 Å². The number of rotatable bonds is 1. The lowest BCUT2D eigenvalue weighted by Crippen LogP contribution is -2.35. The van der Waals surface area contributed by atoms with E-state index in [9.17, 15) is 8.42 Å². The summed E-state index contributed by atoms with van der Waals surface area (Å²) in [5, 5.41) is 2.97. The molecule has 0 amide bonds. The summed E-state index contributed by atoms with van der Waals surface area (Å²) in [6, 6.07) is 0. The van der Waals surface area contributed by atoms with Gasteiger partial charge in [0.15, 0.2) is 9.84 Å². The standard InChI is InChI=1S/C8H17NO2S/c1-7(2)8-6-9-4-3-5-12(8,10)11/h7-9H,3-6H2,1-2H3. The minimum absolute atomic E-state index is 0.181. The molecule has 0 bridgehead atoms. The third-order valence-corrected chi connectivity index (χ3v) is 4.82. The summed E-state index contributed by atoms with van der Waals surface area (Å²) in [6.07, 6.45) is 0.756. The first-order chi connectivity index (χ1) is 5.54. The molecule has 1 aliphatic heterocycles. The van der Waals surface area contributed by atoms with Crippen molar-refractivity contribution in [3.8, 4) is 0 Å². The number of hydrogen-bond donors (Lipinski definition) is 1. The first-order valence-corrected chi connectivity index (χ1v) is 6.18. The van der Waals surface area contributed by atoms with Crippen LogP contribution >= 0.6 is 0 Å². The Labute approximate surface area is 74.5 Å². The third kappa shape index (κ3) is 2.20. The highest BCUT2D eigenvalue weighted by molar-refractivity contribution is 7.92. The quantitative estimate of drug-likeness (QED) is 0.653. The summed E-state index contributed by atoms with van der Waals surface area (Å²) in [5.41, 5.74) is 0. The van der Waals surface area contributed by atoms with Gasteiger partial charge >= 0.3 is 0 Å². The van der Waals surface area contributed by atoms with Crippen LogP contribution in [-0.4, -0.2) is 32.5 Å². The van der Waals surface area contributed by atoms with E-state index in [-0.39, 0.29) is 11.2 Å². The fourth-order valence-corrected chi connectivity index (χ4v) is 3.62. The highest BCUT2D eigenvalue weighted by Gasteiger charge is 2.29. The fourth-order valence-electron chi connectivity index (χ4n) is 1.57. The van der Waals surface area contributed by atoms with E-state index in [4.69, 9.17) is 0 Å². The van der Waals surface area contributed by atoms with Crippen molar-refractivity contribution in [2.45, 2.75) is 25.5 Å². The lowest BCUT2D eigenvalue weighted by Gasteiger charge is -2.18. The molecule has 1 saturated heterocycles. The van der Waals surface area contributed by atoms with Crippen molar-refractivity contribution in [3.05, 3.63) is 0 Å². The van der Waals surface area contributed by atoms with Crippen molar-refractivity contribution in [2.75, 3.05) is 18.8 Å². The average molecular weight is 191 g/mol. The molecule has 1 fully saturated rings. The molecule has 0 aromatic rings. The molecule has 1 aliphatic rings. The molecule has 4 heteroatoms. The van der Waals surface area contributed by atoms with Crippen LogP contribution in [0.1, 0.15) is 20.3 Å². The van der Waals surface area contributed by atoms with E-state index < -0.39 is 9.84 Å². The number of hydrogen-bond acceptors (Lipinski definition) is 3. The summed E-state index contributed by atoms with van der Waals surface area (Å²) < 4.78 is 23.2. The predicted molar refractivity (Wildman–Crippen MR) is 49.9 cm³/mol. The zero-order valence-electron chi connectivity index (χ0n) is 7.71. The normalized spacial score (nSPS) is 30.1. The van der Waals surface area contributed by atoms with E-state index in [2.05, 4.69) is 5.32 Å². The van der Waals surface area contributed by atoms with E-state index in [0.717, 1.165) is 13.0 Å². The summed E-state index contributed by atoms with van der Waals surface area (Å²) in [4.78, 5) is 0. The Morgan fingerprint density at radius 3 is 2.67 bits per heavy atom. The van der Waals surface area contributed by atoms with Gasteiger partial charge < -0.3 is 5.32 Å². The van der Waals surface area contributed by atoms with Gasteiger partial charge in [-0.3, -0.25) is 0 Å². The molecular weight excluding hydrogens is 174 g/mol. The van der Waals surface area contributed by atoms with Crippen LogP contribution in [0.5, 0.6) is 0 Å². The molecule has 1 rings (SSSR count). The van der Waals surface area contributed by atoms with E-state index in [1.165, 1.54) is 0 Å². The summed E-state index contributed by atoms with van der Waals surface area (Å²) >= 11 is 0. The van der Waals surface area contributed by atoms with E-state index in [1.807, 2.05) is 13.8 Å². The zero-order chi connectivity index (χ0) is 9.19. The lowest BCUT2D eigenvalue weighted by molar-refractivity contribution is 0.519. The Morgan fingerprint density at radius 1 is 1.42 bits per heavy atom. The molecule has 12 heavy (non-hydrogen) atoms. The molecular formula is C8H17NO2S. The zero-order valence-corrected chi connectivity index (χ0v) is 8.52. The van der Waals surface area contributed by atoms with Gasteiger partial charge in [0.2, 0.25) is 0 Å². The molecule has 1 heterocycles. The highest BCUT2D eigenvalue weighted by Crippen LogP contribution is 2.15. The van der Waals surface area contributed by atoms with Crippen molar-refractivity contribution in [2.24, 2.45) is 5.92 Å². The Bertz CT molecular complexity index is 233. The van der Waals surface area contributed by atoms with Gasteiger partial charge in [0, 0.05) is 6.54 Å². The Hall–Kier alpha value is -0.0900. The first-order valence-electron chi connectivity index (χ1n) is 4.46. The van der Waals surface area contributed by atoms with E-state index in [1.54, 1.807) is 0 Å². The lowest BCUT2D eigenvalue weighted by atomic mass is 10.1. The van der Waals surface area contributed by atoms with Crippen LogP contribution in [-0.2, 0) is 9.84 Å². The SMILES string of the molecule is CC(C)C1CNCCCS1(=O)=O. The van der Waals surface area contributed by atoms with Crippen LogP contribution in [0.25, 0.3) is 0 Å². The molecule has 3 nitrogen and oxygen atoms in total. The van der Waals surface area contributed by atoms with Gasteiger partial charge in [-0.25, -0.2) is 8.42 Å². The van der Waals surface area contributed by atoms with Crippen molar-refractivity contribution in [3.63, 3.8) is 0 Å². The predicted octanol–water partition coefficient (Wildman–Crippen LogP) is 0.419. The average Bonchev–Trinajstić information content (AvgIpc) is 2.09. The molecule has 1 atom stereocenters. The van der Waals surface area contributed by atoms with Crippen LogP contribution in [0.2, 0.25) is 0 Å². The summed E-state index contributed by atoms with van der Waals surface area (Å²) in [5.74, 6) is 0.573. The maximum Gasteiger partial charge on any atom is 0.154 e. The van der Waals surface area contributed by atoms with E-state index >= 15 is 0 Å². The maximum absolute atomic E-state index is 11.6. The molecule has 1 N–H and O–H groups in total. The highest BCUT2D eigenvalue weighted by atomic mass is 32.2. The van der Waals surface area contributed by atoms with Crippen molar-refractivity contribution >= 4 is 9.84 Å². The van der Waals surface area contributed by atoms with Crippen LogP contribution in [0.3, 0.4) is 0 Å². The molecule has 0 saturated carbocycles. The number of nitrogens with one attached hydrogen (secondary N) is 1.